The lowest BCUT2D eigenvalue weighted by Gasteiger charge is -2.22. The summed E-state index contributed by atoms with van der Waals surface area (Å²) < 4.78 is 2.29. The van der Waals surface area contributed by atoms with Crippen LogP contribution in [0.3, 0.4) is 0 Å². The number of aromatic nitrogens is 1. The first-order valence-corrected chi connectivity index (χ1v) is 6.80. The van der Waals surface area contributed by atoms with E-state index in [2.05, 4.69) is 80.9 Å². The van der Waals surface area contributed by atoms with Crippen molar-refractivity contribution in [2.75, 3.05) is 0 Å². The number of pyridine rings is 1. The number of para-hydroxylation sites is 2. The van der Waals surface area contributed by atoms with Crippen LogP contribution in [0, 0.1) is 0 Å². The van der Waals surface area contributed by atoms with E-state index in [1.807, 2.05) is 0 Å². The van der Waals surface area contributed by atoms with E-state index >= 15 is 0 Å². The molecule has 2 aromatic carbocycles. The number of rotatable bonds is 0. The second kappa shape index (κ2) is 4.06. The molecule has 0 spiro atoms. The van der Waals surface area contributed by atoms with Crippen molar-refractivity contribution >= 4 is 21.8 Å². The summed E-state index contributed by atoms with van der Waals surface area (Å²) in [4.78, 5) is 0. The SMILES string of the molecule is C[n+]1c2ccccc2c(C(C)(C)C)c2ccccc21. The minimum atomic E-state index is 0.132. The van der Waals surface area contributed by atoms with Crippen LogP contribution in [0.5, 0.6) is 0 Å². The molecule has 0 amide bonds. The molecule has 0 saturated carbocycles. The first kappa shape index (κ1) is 12.2. The average molecular weight is 250 g/mol. The standard InChI is InChI=1S/C18H20N/c1-18(2,3)17-13-9-5-7-11-15(13)19(4)16-12-8-6-10-14(16)17/h5-12H,1-4H3/q+1. The van der Waals surface area contributed by atoms with Crippen molar-refractivity contribution in [1.29, 1.82) is 0 Å². The van der Waals surface area contributed by atoms with Gasteiger partial charge in [-0.05, 0) is 23.1 Å². The summed E-state index contributed by atoms with van der Waals surface area (Å²) in [5.41, 5.74) is 4.17. The summed E-state index contributed by atoms with van der Waals surface area (Å²) in [6, 6.07) is 17.4. The van der Waals surface area contributed by atoms with Crippen LogP contribution < -0.4 is 4.57 Å². The van der Waals surface area contributed by atoms with Gasteiger partial charge in [-0.1, -0.05) is 45.0 Å². The van der Waals surface area contributed by atoms with Crippen molar-refractivity contribution < 1.29 is 4.57 Å². The van der Waals surface area contributed by atoms with E-state index in [1.165, 1.54) is 27.4 Å². The molecule has 1 heteroatoms. The molecular formula is C18H20N+. The molecule has 0 bridgehead atoms. The number of aryl methyl sites for hydroxylation is 1. The van der Waals surface area contributed by atoms with Gasteiger partial charge in [0, 0.05) is 12.1 Å². The van der Waals surface area contributed by atoms with Crippen molar-refractivity contribution in [2.45, 2.75) is 26.2 Å². The molecular weight excluding hydrogens is 230 g/mol. The topological polar surface area (TPSA) is 3.88 Å². The van der Waals surface area contributed by atoms with Gasteiger partial charge in [-0.2, -0.15) is 4.57 Å². The third kappa shape index (κ3) is 1.81. The maximum atomic E-state index is 2.29. The van der Waals surface area contributed by atoms with E-state index in [9.17, 15) is 0 Å². The van der Waals surface area contributed by atoms with Crippen molar-refractivity contribution in [1.82, 2.24) is 0 Å². The highest BCUT2D eigenvalue weighted by atomic mass is 14.9. The summed E-state index contributed by atoms with van der Waals surface area (Å²) >= 11 is 0. The first-order chi connectivity index (χ1) is 9.00. The van der Waals surface area contributed by atoms with E-state index in [4.69, 9.17) is 0 Å². The third-order valence-corrected chi connectivity index (χ3v) is 3.82. The van der Waals surface area contributed by atoms with Gasteiger partial charge in [0.25, 0.3) is 0 Å². The summed E-state index contributed by atoms with van der Waals surface area (Å²) in [6.45, 7) is 6.88. The fourth-order valence-electron chi connectivity index (χ4n) is 3.04. The van der Waals surface area contributed by atoms with Crippen molar-refractivity contribution in [3.8, 4) is 0 Å². The van der Waals surface area contributed by atoms with Gasteiger partial charge in [0.05, 0.1) is 10.8 Å². The summed E-state index contributed by atoms with van der Waals surface area (Å²) in [5.74, 6) is 0. The predicted octanol–water partition coefficient (Wildman–Crippen LogP) is 4.12. The van der Waals surface area contributed by atoms with Crippen LogP contribution in [-0.2, 0) is 12.5 Å². The average Bonchev–Trinajstić information content (AvgIpc) is 2.38. The van der Waals surface area contributed by atoms with E-state index in [-0.39, 0.29) is 5.41 Å². The quantitative estimate of drug-likeness (QED) is 0.417. The van der Waals surface area contributed by atoms with E-state index in [0.29, 0.717) is 0 Å². The van der Waals surface area contributed by atoms with E-state index < -0.39 is 0 Å². The molecule has 0 aliphatic carbocycles. The van der Waals surface area contributed by atoms with Crippen molar-refractivity contribution in [2.24, 2.45) is 7.05 Å². The Balaban J connectivity index is 2.65. The van der Waals surface area contributed by atoms with Crippen LogP contribution in [0.1, 0.15) is 26.3 Å². The van der Waals surface area contributed by atoms with E-state index in [1.54, 1.807) is 0 Å². The molecule has 0 atom stereocenters. The Kier molecular flexibility index (Phi) is 2.60. The molecule has 1 nitrogen and oxygen atoms in total. The Morgan fingerprint density at radius 3 is 1.58 bits per heavy atom. The summed E-state index contributed by atoms with van der Waals surface area (Å²) in [6.07, 6.45) is 0. The fraction of sp³-hybridized carbons (Fsp3) is 0.278. The molecule has 1 heterocycles. The molecule has 0 N–H and O–H groups in total. The second-order valence-corrected chi connectivity index (χ2v) is 6.22. The van der Waals surface area contributed by atoms with Gasteiger partial charge in [0.1, 0.15) is 7.05 Å². The Hall–Kier alpha value is -1.89. The highest BCUT2D eigenvalue weighted by molar-refractivity contribution is 5.95. The zero-order valence-corrected chi connectivity index (χ0v) is 12.1. The van der Waals surface area contributed by atoms with Crippen LogP contribution >= 0.6 is 0 Å². The highest BCUT2D eigenvalue weighted by Crippen LogP contribution is 2.34. The van der Waals surface area contributed by atoms with Gasteiger partial charge in [-0.3, -0.25) is 0 Å². The van der Waals surface area contributed by atoms with Gasteiger partial charge in [-0.25, -0.2) is 0 Å². The van der Waals surface area contributed by atoms with Crippen LogP contribution in [0.15, 0.2) is 48.5 Å². The number of benzene rings is 2. The molecule has 0 aliphatic heterocycles. The number of hydrogen-bond donors (Lipinski definition) is 0. The molecule has 1 aromatic heterocycles. The monoisotopic (exact) mass is 250 g/mol. The van der Waals surface area contributed by atoms with Crippen LogP contribution in [-0.4, -0.2) is 0 Å². The lowest BCUT2D eigenvalue weighted by atomic mass is 9.82. The molecule has 0 aliphatic rings. The van der Waals surface area contributed by atoms with Crippen molar-refractivity contribution in [3.63, 3.8) is 0 Å². The number of nitrogens with zero attached hydrogens (tertiary/aromatic N) is 1. The largest absolute Gasteiger partial charge is 0.213 e. The normalized spacial score (nSPS) is 12.2. The van der Waals surface area contributed by atoms with E-state index in [0.717, 1.165) is 0 Å². The molecule has 0 saturated heterocycles. The zero-order valence-electron chi connectivity index (χ0n) is 12.1. The smallest absolute Gasteiger partial charge is 0.194 e. The predicted molar refractivity (Wildman–Crippen MR) is 81.3 cm³/mol. The Morgan fingerprint density at radius 1 is 0.737 bits per heavy atom. The van der Waals surface area contributed by atoms with Gasteiger partial charge in [0.2, 0.25) is 11.0 Å². The number of fused-ring (bicyclic) bond motifs is 2. The van der Waals surface area contributed by atoms with Crippen LogP contribution in [0.25, 0.3) is 21.8 Å². The molecule has 0 fully saturated rings. The second-order valence-electron chi connectivity index (χ2n) is 6.22. The summed E-state index contributed by atoms with van der Waals surface area (Å²) in [5, 5.41) is 2.72. The maximum absolute atomic E-state index is 2.29. The molecule has 3 aromatic rings. The highest BCUT2D eigenvalue weighted by Gasteiger charge is 2.25. The molecule has 0 radical (unpaired) electrons. The van der Waals surface area contributed by atoms with Crippen LogP contribution in [0.2, 0.25) is 0 Å². The molecule has 0 unspecified atom stereocenters. The minimum Gasteiger partial charge on any atom is -0.194 e. The van der Waals surface area contributed by atoms with Gasteiger partial charge < -0.3 is 0 Å². The zero-order chi connectivity index (χ0) is 13.6. The Bertz CT molecular complexity index is 707. The Labute approximate surface area is 114 Å². The fourth-order valence-corrected chi connectivity index (χ4v) is 3.04. The van der Waals surface area contributed by atoms with Gasteiger partial charge in [-0.15, -0.1) is 0 Å². The van der Waals surface area contributed by atoms with Crippen LogP contribution in [0.4, 0.5) is 0 Å². The Morgan fingerprint density at radius 2 is 1.16 bits per heavy atom. The lowest BCUT2D eigenvalue weighted by molar-refractivity contribution is -0.617. The lowest BCUT2D eigenvalue weighted by Crippen LogP contribution is -2.32. The first-order valence-electron chi connectivity index (χ1n) is 6.80. The molecule has 19 heavy (non-hydrogen) atoms. The number of hydrogen-bond acceptors (Lipinski definition) is 0. The maximum Gasteiger partial charge on any atom is 0.213 e. The minimum absolute atomic E-state index is 0.132. The third-order valence-electron chi connectivity index (χ3n) is 3.82. The van der Waals surface area contributed by atoms with Crippen molar-refractivity contribution in [3.05, 3.63) is 54.1 Å². The van der Waals surface area contributed by atoms with Gasteiger partial charge in [0.15, 0.2) is 0 Å². The summed E-state index contributed by atoms with van der Waals surface area (Å²) in [7, 11) is 2.15. The molecule has 3 rings (SSSR count). The van der Waals surface area contributed by atoms with Gasteiger partial charge >= 0.3 is 0 Å². The molecule has 96 valence electrons.